The minimum Gasteiger partial charge on any atom is -0.356 e. The summed E-state index contributed by atoms with van der Waals surface area (Å²) in [5.41, 5.74) is 2.81. The molecule has 1 N–H and O–H groups in total. The van der Waals surface area contributed by atoms with E-state index in [4.69, 9.17) is 0 Å². The third-order valence-corrected chi connectivity index (χ3v) is 6.65. The van der Waals surface area contributed by atoms with E-state index in [2.05, 4.69) is 34.6 Å². The van der Waals surface area contributed by atoms with Crippen LogP contribution in [0.3, 0.4) is 0 Å². The van der Waals surface area contributed by atoms with Crippen LogP contribution in [0.4, 0.5) is 0 Å². The molecule has 5 heteroatoms. The van der Waals surface area contributed by atoms with E-state index < -0.39 is 5.41 Å². The molecule has 2 amide bonds. The third kappa shape index (κ3) is 4.25. The fraction of sp³-hybridized carbons (Fsp3) is 0.480. The van der Waals surface area contributed by atoms with E-state index >= 15 is 0 Å². The minimum absolute atomic E-state index is 0.0745. The van der Waals surface area contributed by atoms with Crippen LogP contribution in [0.5, 0.6) is 0 Å². The van der Waals surface area contributed by atoms with Gasteiger partial charge in [-0.15, -0.1) is 0 Å². The molecule has 158 valence electrons. The van der Waals surface area contributed by atoms with Crippen LogP contribution in [-0.2, 0) is 16.0 Å². The lowest BCUT2D eigenvalue weighted by molar-refractivity contribution is -0.146. The number of likely N-dealkylation sites (tertiary alicyclic amines) is 1. The molecule has 2 heterocycles. The van der Waals surface area contributed by atoms with Crippen LogP contribution in [0.25, 0.3) is 11.1 Å². The van der Waals surface area contributed by atoms with Gasteiger partial charge in [0.15, 0.2) is 0 Å². The van der Waals surface area contributed by atoms with Gasteiger partial charge in [-0.1, -0.05) is 30.7 Å². The van der Waals surface area contributed by atoms with E-state index in [1.165, 1.54) is 0 Å². The van der Waals surface area contributed by atoms with Crippen molar-refractivity contribution in [2.24, 2.45) is 11.3 Å². The molecule has 2 aromatic rings. The maximum Gasteiger partial charge on any atom is 0.228 e. The number of rotatable bonds is 6. The lowest BCUT2D eigenvalue weighted by Crippen LogP contribution is -2.55. The second-order valence-corrected chi connectivity index (χ2v) is 8.74. The largest absolute Gasteiger partial charge is 0.356 e. The second kappa shape index (κ2) is 8.99. The third-order valence-electron chi connectivity index (χ3n) is 6.65. The number of hydrogen-bond acceptors (Lipinski definition) is 3. The van der Waals surface area contributed by atoms with Gasteiger partial charge < -0.3 is 10.2 Å². The van der Waals surface area contributed by atoms with Crippen LogP contribution in [-0.4, -0.2) is 41.3 Å². The molecule has 0 spiro atoms. The molecule has 1 aromatic carbocycles. The lowest BCUT2D eigenvalue weighted by atomic mass is 9.73. The van der Waals surface area contributed by atoms with E-state index in [1.807, 2.05) is 24.0 Å². The van der Waals surface area contributed by atoms with Gasteiger partial charge in [-0.2, -0.15) is 0 Å². The van der Waals surface area contributed by atoms with Gasteiger partial charge in [0.2, 0.25) is 11.8 Å². The van der Waals surface area contributed by atoms with Gasteiger partial charge in [0, 0.05) is 37.9 Å². The highest BCUT2D eigenvalue weighted by atomic mass is 16.2. The Labute approximate surface area is 178 Å². The van der Waals surface area contributed by atoms with Crippen LogP contribution < -0.4 is 5.32 Å². The average Bonchev–Trinajstić information content (AvgIpc) is 2.74. The highest BCUT2D eigenvalue weighted by molar-refractivity contribution is 5.85. The molecule has 1 atom stereocenters. The first-order valence-electron chi connectivity index (χ1n) is 11.2. The summed E-state index contributed by atoms with van der Waals surface area (Å²) in [5.74, 6) is 0.496. The summed E-state index contributed by atoms with van der Waals surface area (Å²) in [4.78, 5) is 32.2. The highest BCUT2D eigenvalue weighted by Gasteiger charge is 2.44. The molecule has 1 saturated heterocycles. The fourth-order valence-corrected chi connectivity index (χ4v) is 4.79. The molecule has 2 aliphatic rings. The van der Waals surface area contributed by atoms with Crippen LogP contribution in [0.2, 0.25) is 0 Å². The number of benzene rings is 1. The number of amides is 2. The Balaban J connectivity index is 1.59. The van der Waals surface area contributed by atoms with Crippen molar-refractivity contribution >= 4 is 11.8 Å². The Morgan fingerprint density at radius 3 is 2.63 bits per heavy atom. The van der Waals surface area contributed by atoms with Gasteiger partial charge in [0.05, 0.1) is 5.41 Å². The maximum absolute atomic E-state index is 13.2. The van der Waals surface area contributed by atoms with Crippen molar-refractivity contribution in [3.8, 4) is 11.1 Å². The van der Waals surface area contributed by atoms with Crippen molar-refractivity contribution in [3.05, 3.63) is 54.4 Å². The quantitative estimate of drug-likeness (QED) is 0.794. The number of nitrogens with zero attached hydrogens (tertiary/aromatic N) is 2. The number of aromatic nitrogens is 1. The van der Waals surface area contributed by atoms with E-state index in [9.17, 15) is 9.59 Å². The first kappa shape index (κ1) is 20.6. The van der Waals surface area contributed by atoms with Crippen molar-refractivity contribution in [1.29, 1.82) is 0 Å². The summed E-state index contributed by atoms with van der Waals surface area (Å²) >= 11 is 0. The highest BCUT2D eigenvalue weighted by Crippen LogP contribution is 2.37. The standard InChI is InChI=1S/C25H31N3O2/c1-2-27-24(30)25(12-5-15-28(18-25)23(29)21-7-4-8-21)17-19-6-3-9-22(16-19)20-10-13-26-14-11-20/h3,6,9-11,13-14,16,21H,2,4-5,7-8,12,15,17-18H2,1H3,(H,27,30)/t25-/m0/s1. The topological polar surface area (TPSA) is 62.3 Å². The second-order valence-electron chi connectivity index (χ2n) is 8.74. The molecule has 5 nitrogen and oxygen atoms in total. The monoisotopic (exact) mass is 405 g/mol. The molecule has 0 radical (unpaired) electrons. The Hall–Kier alpha value is -2.69. The molecule has 30 heavy (non-hydrogen) atoms. The Bertz CT molecular complexity index is 894. The van der Waals surface area contributed by atoms with Crippen LogP contribution in [0.15, 0.2) is 48.8 Å². The summed E-state index contributed by atoms with van der Waals surface area (Å²) in [6.07, 6.45) is 9.06. The molecular formula is C25H31N3O2. The zero-order valence-corrected chi connectivity index (χ0v) is 17.8. The van der Waals surface area contributed by atoms with E-state index in [0.29, 0.717) is 19.5 Å². The number of carbonyl (C=O) groups excluding carboxylic acids is 2. The number of nitrogens with one attached hydrogen (secondary N) is 1. The van der Waals surface area contributed by atoms with Crippen molar-refractivity contribution in [2.75, 3.05) is 19.6 Å². The summed E-state index contributed by atoms with van der Waals surface area (Å²) in [6, 6.07) is 12.4. The first-order valence-corrected chi connectivity index (χ1v) is 11.2. The molecule has 1 saturated carbocycles. The predicted octanol–water partition coefficient (Wildman–Crippen LogP) is 3.84. The summed E-state index contributed by atoms with van der Waals surface area (Å²) in [6.45, 7) is 3.85. The van der Waals surface area contributed by atoms with Gasteiger partial charge in [-0.3, -0.25) is 14.6 Å². The molecule has 1 aliphatic heterocycles. The van der Waals surface area contributed by atoms with Crippen LogP contribution in [0.1, 0.15) is 44.6 Å². The Kier molecular flexibility index (Phi) is 6.16. The van der Waals surface area contributed by atoms with E-state index in [0.717, 1.165) is 55.3 Å². The normalized spacial score (nSPS) is 21.7. The average molecular weight is 406 g/mol. The van der Waals surface area contributed by atoms with E-state index in [1.54, 1.807) is 12.4 Å². The zero-order chi connectivity index (χ0) is 21.0. The van der Waals surface area contributed by atoms with E-state index in [-0.39, 0.29) is 17.7 Å². The van der Waals surface area contributed by atoms with Crippen molar-refractivity contribution < 1.29 is 9.59 Å². The summed E-state index contributed by atoms with van der Waals surface area (Å²) < 4.78 is 0. The van der Waals surface area contributed by atoms with Crippen molar-refractivity contribution in [2.45, 2.75) is 45.4 Å². The van der Waals surface area contributed by atoms with Gasteiger partial charge in [-0.05, 0) is 67.9 Å². The fourth-order valence-electron chi connectivity index (χ4n) is 4.79. The SMILES string of the molecule is CCNC(=O)[C@]1(Cc2cccc(-c3ccncc3)c2)CCCN(C(=O)C2CCC2)C1. The van der Waals surface area contributed by atoms with Gasteiger partial charge in [0.1, 0.15) is 0 Å². The Morgan fingerprint density at radius 1 is 1.13 bits per heavy atom. The van der Waals surface area contributed by atoms with Crippen molar-refractivity contribution in [3.63, 3.8) is 0 Å². The zero-order valence-electron chi connectivity index (χ0n) is 17.8. The first-order chi connectivity index (χ1) is 14.6. The van der Waals surface area contributed by atoms with Gasteiger partial charge in [0.25, 0.3) is 0 Å². The van der Waals surface area contributed by atoms with Gasteiger partial charge in [-0.25, -0.2) is 0 Å². The molecule has 1 aromatic heterocycles. The Morgan fingerprint density at radius 2 is 1.93 bits per heavy atom. The minimum atomic E-state index is -0.565. The predicted molar refractivity (Wildman–Crippen MR) is 118 cm³/mol. The summed E-state index contributed by atoms with van der Waals surface area (Å²) in [5, 5.41) is 3.05. The number of hydrogen-bond donors (Lipinski definition) is 1. The molecular weight excluding hydrogens is 374 g/mol. The number of carbonyl (C=O) groups is 2. The number of pyridine rings is 1. The van der Waals surface area contributed by atoms with Gasteiger partial charge >= 0.3 is 0 Å². The molecule has 2 fully saturated rings. The van der Waals surface area contributed by atoms with Crippen molar-refractivity contribution in [1.82, 2.24) is 15.2 Å². The van der Waals surface area contributed by atoms with Crippen LogP contribution >= 0.6 is 0 Å². The van der Waals surface area contributed by atoms with Crippen LogP contribution in [0, 0.1) is 11.3 Å². The molecule has 4 rings (SSSR count). The molecule has 0 unspecified atom stereocenters. The smallest absolute Gasteiger partial charge is 0.228 e. The lowest BCUT2D eigenvalue weighted by Gasteiger charge is -2.43. The molecule has 1 aliphatic carbocycles. The number of piperidine rings is 1. The summed E-state index contributed by atoms with van der Waals surface area (Å²) in [7, 11) is 0. The molecule has 0 bridgehead atoms. The maximum atomic E-state index is 13.2.